The Morgan fingerprint density at radius 2 is 1.96 bits per heavy atom. The Hall–Kier alpha value is -2.00. The van der Waals surface area contributed by atoms with Gasteiger partial charge in [0.2, 0.25) is 10.0 Å². The van der Waals surface area contributed by atoms with E-state index in [-0.39, 0.29) is 0 Å². The van der Waals surface area contributed by atoms with Gasteiger partial charge in [-0.1, -0.05) is 5.21 Å². The number of rotatable bonds is 6. The van der Waals surface area contributed by atoms with E-state index < -0.39 is 10.0 Å². The van der Waals surface area contributed by atoms with Crippen molar-refractivity contribution in [2.75, 3.05) is 19.7 Å². The van der Waals surface area contributed by atoms with Gasteiger partial charge in [-0.2, -0.15) is 9.52 Å². The van der Waals surface area contributed by atoms with Gasteiger partial charge in [-0.3, -0.25) is 0 Å². The zero-order valence-corrected chi connectivity index (χ0v) is 14.4. The van der Waals surface area contributed by atoms with E-state index in [0.29, 0.717) is 42.1 Å². The predicted molar refractivity (Wildman–Crippen MR) is 87.0 cm³/mol. The first-order valence-corrected chi connectivity index (χ1v) is 9.49. The Labute approximate surface area is 141 Å². The Bertz CT molecular complexity index is 738. The van der Waals surface area contributed by atoms with Crippen molar-refractivity contribution in [3.63, 3.8) is 0 Å². The Balaban J connectivity index is 1.61. The molecule has 8 nitrogen and oxygen atoms in total. The van der Waals surface area contributed by atoms with Gasteiger partial charge in [0.25, 0.3) is 0 Å². The molecule has 0 saturated carbocycles. The largest absolute Gasteiger partial charge is 0.494 e. The number of aromatic amines is 1. The Kier molecular flexibility index (Phi) is 5.10. The van der Waals surface area contributed by atoms with E-state index in [1.165, 1.54) is 0 Å². The first-order chi connectivity index (χ1) is 11.6. The number of nitrogens with zero attached hydrogens (tertiary/aromatic N) is 4. The molecule has 0 unspecified atom stereocenters. The lowest BCUT2D eigenvalue weighted by atomic mass is 9.94. The summed E-state index contributed by atoms with van der Waals surface area (Å²) in [6.45, 7) is 3.47. The average molecular weight is 351 g/mol. The van der Waals surface area contributed by atoms with E-state index >= 15 is 0 Å². The summed E-state index contributed by atoms with van der Waals surface area (Å²) in [6.07, 6.45) is 2.32. The highest BCUT2D eigenvalue weighted by Gasteiger charge is 2.29. The molecule has 0 atom stereocenters. The fraction of sp³-hybridized carbons (Fsp3) is 0.533. The maximum atomic E-state index is 12.7. The molecular formula is C15H21N5O3S. The minimum absolute atomic E-state index is 0.308. The molecule has 0 aliphatic carbocycles. The molecule has 0 bridgehead atoms. The van der Waals surface area contributed by atoms with E-state index in [2.05, 4.69) is 20.6 Å². The highest BCUT2D eigenvalue weighted by Crippen LogP contribution is 2.26. The summed E-state index contributed by atoms with van der Waals surface area (Å²) in [5.41, 5.74) is 0. The number of piperidine rings is 1. The van der Waals surface area contributed by atoms with Crippen molar-refractivity contribution < 1.29 is 13.2 Å². The smallest absolute Gasteiger partial charge is 0.243 e. The Morgan fingerprint density at radius 3 is 2.54 bits per heavy atom. The molecule has 1 aromatic carbocycles. The molecule has 1 aromatic heterocycles. The number of nitrogens with one attached hydrogen (secondary N) is 1. The summed E-state index contributed by atoms with van der Waals surface area (Å²) in [5.74, 6) is 1.74. The molecule has 24 heavy (non-hydrogen) atoms. The minimum atomic E-state index is -3.45. The molecule has 1 aliphatic rings. The van der Waals surface area contributed by atoms with Crippen LogP contribution in [0.3, 0.4) is 0 Å². The topological polar surface area (TPSA) is 101 Å². The second-order valence-corrected chi connectivity index (χ2v) is 7.72. The zero-order chi connectivity index (χ0) is 17.0. The van der Waals surface area contributed by atoms with Crippen LogP contribution in [0.25, 0.3) is 0 Å². The summed E-state index contributed by atoms with van der Waals surface area (Å²) in [5, 5.41) is 13.9. The maximum absolute atomic E-state index is 12.7. The van der Waals surface area contributed by atoms with Crippen LogP contribution in [0.5, 0.6) is 5.75 Å². The standard InChI is InChI=1S/C15H21N5O3S/c1-2-23-13-3-5-14(6-4-13)24(21,22)20-9-7-12(8-10-20)11-15-16-18-19-17-15/h3-6,12H,2,7-11H2,1H3,(H,16,17,18,19). The van der Waals surface area contributed by atoms with Crippen LogP contribution < -0.4 is 4.74 Å². The van der Waals surface area contributed by atoms with Gasteiger partial charge in [-0.25, -0.2) is 8.42 Å². The highest BCUT2D eigenvalue weighted by atomic mass is 32.2. The van der Waals surface area contributed by atoms with E-state index in [4.69, 9.17) is 4.74 Å². The highest BCUT2D eigenvalue weighted by molar-refractivity contribution is 7.89. The lowest BCUT2D eigenvalue weighted by Gasteiger charge is -2.30. The first kappa shape index (κ1) is 16.8. The van der Waals surface area contributed by atoms with Crippen LogP contribution in [0.1, 0.15) is 25.6 Å². The number of H-pyrrole nitrogens is 1. The van der Waals surface area contributed by atoms with Crippen LogP contribution in [0, 0.1) is 5.92 Å². The van der Waals surface area contributed by atoms with Gasteiger partial charge < -0.3 is 4.74 Å². The van der Waals surface area contributed by atoms with Crippen LogP contribution in [0.4, 0.5) is 0 Å². The molecule has 1 N–H and O–H groups in total. The fourth-order valence-electron chi connectivity index (χ4n) is 2.90. The monoisotopic (exact) mass is 351 g/mol. The molecule has 3 rings (SSSR count). The van der Waals surface area contributed by atoms with Crippen molar-refractivity contribution in [2.24, 2.45) is 5.92 Å². The van der Waals surface area contributed by atoms with Gasteiger partial charge in [0, 0.05) is 19.5 Å². The summed E-state index contributed by atoms with van der Waals surface area (Å²) < 4.78 is 32.4. The van der Waals surface area contributed by atoms with Crippen molar-refractivity contribution in [1.29, 1.82) is 0 Å². The van der Waals surface area contributed by atoms with Gasteiger partial charge >= 0.3 is 0 Å². The third-order valence-corrected chi connectivity index (χ3v) is 6.12. The van der Waals surface area contributed by atoms with Crippen LogP contribution in [0.15, 0.2) is 29.2 Å². The number of tetrazole rings is 1. The van der Waals surface area contributed by atoms with Gasteiger partial charge in [0.05, 0.1) is 11.5 Å². The third kappa shape index (κ3) is 3.73. The molecule has 9 heteroatoms. The number of benzene rings is 1. The molecule has 0 amide bonds. The van der Waals surface area contributed by atoms with Gasteiger partial charge in [-0.05, 0) is 49.9 Å². The first-order valence-electron chi connectivity index (χ1n) is 8.05. The molecule has 1 fully saturated rings. The number of sulfonamides is 1. The zero-order valence-electron chi connectivity index (χ0n) is 13.6. The normalized spacial score (nSPS) is 17.0. The molecule has 0 spiro atoms. The van der Waals surface area contributed by atoms with Crippen molar-refractivity contribution in [3.05, 3.63) is 30.1 Å². The number of hydrogen-bond acceptors (Lipinski definition) is 6. The summed E-state index contributed by atoms with van der Waals surface area (Å²) >= 11 is 0. The third-order valence-electron chi connectivity index (χ3n) is 4.21. The van der Waals surface area contributed by atoms with E-state index in [1.54, 1.807) is 28.6 Å². The van der Waals surface area contributed by atoms with E-state index in [0.717, 1.165) is 19.3 Å². The van der Waals surface area contributed by atoms with Gasteiger partial charge in [0.1, 0.15) is 5.75 Å². The van der Waals surface area contributed by atoms with Crippen molar-refractivity contribution >= 4 is 10.0 Å². The second-order valence-electron chi connectivity index (χ2n) is 5.78. The average Bonchev–Trinajstić information content (AvgIpc) is 3.09. The molecule has 2 aromatic rings. The second kappa shape index (κ2) is 7.27. The van der Waals surface area contributed by atoms with Crippen molar-refractivity contribution in [1.82, 2.24) is 24.9 Å². The maximum Gasteiger partial charge on any atom is 0.243 e. The van der Waals surface area contributed by atoms with E-state index in [1.807, 2.05) is 6.92 Å². The summed E-state index contributed by atoms with van der Waals surface area (Å²) in [7, 11) is -3.45. The molecule has 2 heterocycles. The molecule has 130 valence electrons. The van der Waals surface area contributed by atoms with Crippen LogP contribution in [-0.4, -0.2) is 53.0 Å². The Morgan fingerprint density at radius 1 is 1.25 bits per heavy atom. The number of ether oxygens (including phenoxy) is 1. The summed E-state index contributed by atoms with van der Waals surface area (Å²) in [4.78, 5) is 0.308. The van der Waals surface area contributed by atoms with Crippen LogP contribution >= 0.6 is 0 Å². The number of aromatic nitrogens is 4. The predicted octanol–water partition coefficient (Wildman–Crippen LogP) is 1.24. The van der Waals surface area contributed by atoms with Gasteiger partial charge in [0.15, 0.2) is 5.82 Å². The molecule has 1 aliphatic heterocycles. The SMILES string of the molecule is CCOc1ccc(S(=O)(=O)N2CCC(Cc3nn[nH]n3)CC2)cc1. The summed E-state index contributed by atoms with van der Waals surface area (Å²) in [6, 6.07) is 6.59. The molecule has 1 saturated heterocycles. The van der Waals surface area contributed by atoms with Crippen LogP contribution in [0.2, 0.25) is 0 Å². The quantitative estimate of drug-likeness (QED) is 0.840. The van der Waals surface area contributed by atoms with Crippen molar-refractivity contribution in [2.45, 2.75) is 31.1 Å². The fourth-order valence-corrected chi connectivity index (χ4v) is 4.37. The van der Waals surface area contributed by atoms with E-state index in [9.17, 15) is 8.42 Å². The van der Waals surface area contributed by atoms with Crippen molar-refractivity contribution in [3.8, 4) is 5.75 Å². The van der Waals surface area contributed by atoms with Gasteiger partial charge in [-0.15, -0.1) is 10.2 Å². The number of hydrogen-bond donors (Lipinski definition) is 1. The lowest BCUT2D eigenvalue weighted by molar-refractivity contribution is 0.270. The lowest BCUT2D eigenvalue weighted by Crippen LogP contribution is -2.38. The minimum Gasteiger partial charge on any atom is -0.494 e. The molecule has 0 radical (unpaired) electrons. The van der Waals surface area contributed by atoms with Crippen LogP contribution in [-0.2, 0) is 16.4 Å². The molecular weight excluding hydrogens is 330 g/mol.